The molecule has 10 nitrogen and oxygen atoms in total. The van der Waals surface area contributed by atoms with Crippen LogP contribution in [0.4, 0.5) is 0 Å². The average molecular weight is 457 g/mol. The average Bonchev–Trinajstić information content (AvgIpc) is 3.56. The molecule has 4 aromatic rings. The standard InChI is InChI=1S/C24H23N7O3/c1-24(2)14-29(22(32)19-10-6-9-18(27-19)20-13-25-16-34-20)11-12-30(24)23(33)21-26-15-31(28-21)17-7-4-3-5-8-17/h3-10,13,15-16H,11-12,14H2,1-2H3. The van der Waals surface area contributed by atoms with Gasteiger partial charge in [-0.05, 0) is 38.1 Å². The van der Waals surface area contributed by atoms with E-state index in [9.17, 15) is 9.59 Å². The quantitative estimate of drug-likeness (QED) is 0.463. The topological polar surface area (TPSA) is 110 Å². The van der Waals surface area contributed by atoms with Gasteiger partial charge >= 0.3 is 0 Å². The highest BCUT2D eigenvalue weighted by atomic mass is 16.3. The maximum Gasteiger partial charge on any atom is 0.294 e. The first kappa shape index (κ1) is 21.5. The molecule has 34 heavy (non-hydrogen) atoms. The summed E-state index contributed by atoms with van der Waals surface area (Å²) in [5.74, 6) is 0.149. The van der Waals surface area contributed by atoms with E-state index in [1.807, 2.05) is 44.2 Å². The maximum atomic E-state index is 13.2. The number of piperazine rings is 1. The molecule has 0 bridgehead atoms. The van der Waals surface area contributed by atoms with Crippen LogP contribution in [0.3, 0.4) is 0 Å². The van der Waals surface area contributed by atoms with Crippen molar-refractivity contribution in [1.82, 2.24) is 34.5 Å². The van der Waals surface area contributed by atoms with E-state index in [1.165, 1.54) is 12.7 Å². The maximum absolute atomic E-state index is 13.2. The van der Waals surface area contributed by atoms with Crippen LogP contribution in [-0.2, 0) is 0 Å². The number of para-hydroxylation sites is 1. The molecule has 0 radical (unpaired) electrons. The molecule has 3 aromatic heterocycles. The van der Waals surface area contributed by atoms with Crippen LogP contribution in [0.25, 0.3) is 17.1 Å². The third kappa shape index (κ3) is 4.05. The predicted molar refractivity (Wildman–Crippen MR) is 122 cm³/mol. The molecule has 10 heteroatoms. The van der Waals surface area contributed by atoms with Crippen molar-refractivity contribution in [3.05, 3.63) is 79.0 Å². The molecule has 0 spiro atoms. The zero-order valence-electron chi connectivity index (χ0n) is 18.8. The summed E-state index contributed by atoms with van der Waals surface area (Å²) in [5.41, 5.74) is 1.05. The highest BCUT2D eigenvalue weighted by Crippen LogP contribution is 2.24. The SMILES string of the molecule is CC1(C)CN(C(=O)c2cccc(-c3cnco3)n2)CCN1C(=O)c1ncn(-c2ccccc2)n1. The first-order valence-corrected chi connectivity index (χ1v) is 10.9. The van der Waals surface area contributed by atoms with Gasteiger partial charge in [-0.15, -0.1) is 5.10 Å². The van der Waals surface area contributed by atoms with E-state index < -0.39 is 5.54 Å². The number of carbonyl (C=O) groups is 2. The number of nitrogens with zero attached hydrogens (tertiary/aromatic N) is 7. The summed E-state index contributed by atoms with van der Waals surface area (Å²) in [4.78, 5) is 42.4. The van der Waals surface area contributed by atoms with E-state index in [0.717, 1.165) is 5.69 Å². The first-order valence-electron chi connectivity index (χ1n) is 10.9. The number of amides is 2. The van der Waals surface area contributed by atoms with Crippen molar-refractivity contribution in [3.8, 4) is 17.1 Å². The number of aromatic nitrogens is 5. The normalized spacial score (nSPS) is 15.4. The Morgan fingerprint density at radius 2 is 1.82 bits per heavy atom. The lowest BCUT2D eigenvalue weighted by atomic mass is 9.98. The molecule has 0 atom stereocenters. The summed E-state index contributed by atoms with van der Waals surface area (Å²) >= 11 is 0. The molecule has 0 N–H and O–H groups in total. The molecular formula is C24H23N7O3. The van der Waals surface area contributed by atoms with Crippen LogP contribution in [0.2, 0.25) is 0 Å². The van der Waals surface area contributed by atoms with E-state index in [-0.39, 0.29) is 17.6 Å². The third-order valence-corrected chi connectivity index (χ3v) is 5.79. The van der Waals surface area contributed by atoms with E-state index in [1.54, 1.807) is 38.9 Å². The molecule has 172 valence electrons. The molecule has 1 aliphatic rings. The first-order chi connectivity index (χ1) is 16.4. The Morgan fingerprint density at radius 1 is 1.00 bits per heavy atom. The van der Waals surface area contributed by atoms with Crippen molar-refractivity contribution < 1.29 is 14.0 Å². The van der Waals surface area contributed by atoms with Gasteiger partial charge in [-0.25, -0.2) is 19.6 Å². The fraction of sp³-hybridized carbons (Fsp3) is 0.250. The summed E-state index contributed by atoms with van der Waals surface area (Å²) in [6.07, 6.45) is 4.40. The summed E-state index contributed by atoms with van der Waals surface area (Å²) in [5, 5.41) is 4.37. The fourth-order valence-corrected chi connectivity index (χ4v) is 4.09. The summed E-state index contributed by atoms with van der Waals surface area (Å²) in [7, 11) is 0. The summed E-state index contributed by atoms with van der Waals surface area (Å²) in [6, 6.07) is 14.7. The van der Waals surface area contributed by atoms with Crippen molar-refractivity contribution >= 4 is 11.8 Å². The second-order valence-electron chi connectivity index (χ2n) is 8.62. The molecule has 0 aliphatic carbocycles. The zero-order chi connectivity index (χ0) is 23.7. The smallest absolute Gasteiger partial charge is 0.294 e. The fourth-order valence-electron chi connectivity index (χ4n) is 4.09. The molecule has 1 aliphatic heterocycles. The molecule has 1 fully saturated rings. The number of carbonyl (C=O) groups excluding carboxylic acids is 2. The van der Waals surface area contributed by atoms with Crippen LogP contribution in [0, 0.1) is 0 Å². The van der Waals surface area contributed by atoms with Crippen LogP contribution >= 0.6 is 0 Å². The summed E-state index contributed by atoms with van der Waals surface area (Å²) < 4.78 is 6.87. The van der Waals surface area contributed by atoms with Crippen LogP contribution in [-0.4, -0.2) is 71.5 Å². The van der Waals surface area contributed by atoms with E-state index in [2.05, 4.69) is 20.1 Å². The molecule has 0 unspecified atom stereocenters. The number of benzene rings is 1. The van der Waals surface area contributed by atoms with Gasteiger partial charge in [-0.1, -0.05) is 24.3 Å². The Hall–Kier alpha value is -4.34. The number of rotatable bonds is 4. The lowest BCUT2D eigenvalue weighted by Gasteiger charge is -2.46. The minimum absolute atomic E-state index is 0.123. The number of oxazole rings is 1. The summed E-state index contributed by atoms with van der Waals surface area (Å²) in [6.45, 7) is 4.94. The van der Waals surface area contributed by atoms with Crippen molar-refractivity contribution in [2.75, 3.05) is 19.6 Å². The van der Waals surface area contributed by atoms with E-state index in [4.69, 9.17) is 4.42 Å². The molecular weight excluding hydrogens is 434 g/mol. The van der Waals surface area contributed by atoms with Crippen molar-refractivity contribution in [1.29, 1.82) is 0 Å². The van der Waals surface area contributed by atoms with E-state index in [0.29, 0.717) is 36.8 Å². The predicted octanol–water partition coefficient (Wildman–Crippen LogP) is 2.69. The van der Waals surface area contributed by atoms with Gasteiger partial charge in [-0.3, -0.25) is 9.59 Å². The highest BCUT2D eigenvalue weighted by Gasteiger charge is 2.40. The molecule has 5 rings (SSSR count). The number of pyridine rings is 1. The van der Waals surface area contributed by atoms with Gasteiger partial charge in [0.1, 0.15) is 17.7 Å². The second-order valence-corrected chi connectivity index (χ2v) is 8.62. The monoisotopic (exact) mass is 457 g/mol. The van der Waals surface area contributed by atoms with Crippen molar-refractivity contribution in [2.45, 2.75) is 19.4 Å². The molecule has 2 amide bonds. The Kier molecular flexibility index (Phi) is 5.40. The van der Waals surface area contributed by atoms with Gasteiger partial charge in [0.25, 0.3) is 11.8 Å². The Balaban J connectivity index is 1.31. The Morgan fingerprint density at radius 3 is 2.56 bits per heavy atom. The number of hydrogen-bond donors (Lipinski definition) is 0. The Bertz CT molecular complexity index is 1320. The van der Waals surface area contributed by atoms with Crippen LogP contribution < -0.4 is 0 Å². The minimum atomic E-state index is -0.619. The Labute approximate surface area is 195 Å². The van der Waals surface area contributed by atoms with Crippen LogP contribution in [0.15, 0.2) is 71.9 Å². The van der Waals surface area contributed by atoms with Crippen LogP contribution in [0.1, 0.15) is 35.0 Å². The lowest BCUT2D eigenvalue weighted by Crippen LogP contribution is -2.62. The second kappa shape index (κ2) is 8.54. The van der Waals surface area contributed by atoms with Gasteiger partial charge in [0.15, 0.2) is 12.2 Å². The zero-order valence-corrected chi connectivity index (χ0v) is 18.8. The molecule has 4 heterocycles. The lowest BCUT2D eigenvalue weighted by molar-refractivity contribution is 0.0158. The number of hydrogen-bond acceptors (Lipinski definition) is 7. The van der Waals surface area contributed by atoms with Gasteiger partial charge in [0.05, 0.1) is 17.4 Å². The highest BCUT2D eigenvalue weighted by molar-refractivity contribution is 5.94. The largest absolute Gasteiger partial charge is 0.442 e. The van der Waals surface area contributed by atoms with Gasteiger partial charge < -0.3 is 14.2 Å². The van der Waals surface area contributed by atoms with Crippen molar-refractivity contribution in [2.24, 2.45) is 0 Å². The van der Waals surface area contributed by atoms with Gasteiger partial charge in [0, 0.05) is 19.6 Å². The van der Waals surface area contributed by atoms with Crippen molar-refractivity contribution in [3.63, 3.8) is 0 Å². The van der Waals surface area contributed by atoms with Gasteiger partial charge in [-0.2, -0.15) is 0 Å². The third-order valence-electron chi connectivity index (χ3n) is 5.79. The van der Waals surface area contributed by atoms with Crippen LogP contribution in [0.5, 0.6) is 0 Å². The van der Waals surface area contributed by atoms with E-state index >= 15 is 0 Å². The molecule has 0 saturated carbocycles. The minimum Gasteiger partial charge on any atom is -0.442 e. The molecule has 1 saturated heterocycles. The molecule has 1 aromatic carbocycles. The van der Waals surface area contributed by atoms with Gasteiger partial charge in [0.2, 0.25) is 5.82 Å².